The lowest BCUT2D eigenvalue weighted by atomic mass is 9.89. The van der Waals surface area contributed by atoms with Gasteiger partial charge < -0.3 is 10.2 Å². The Bertz CT molecular complexity index is 1150. The molecule has 0 radical (unpaired) electrons. The average Bonchev–Trinajstić information content (AvgIpc) is 2.83. The number of hydrogen-bond donors (Lipinski definition) is 1. The molecule has 1 fully saturated rings. The zero-order chi connectivity index (χ0) is 24.3. The maximum absolute atomic E-state index is 13.3. The van der Waals surface area contributed by atoms with Gasteiger partial charge in [0.05, 0.1) is 22.2 Å². The fraction of sp³-hybridized carbons (Fsp3) is 0.308. The molecule has 4 nitrogen and oxygen atoms in total. The summed E-state index contributed by atoms with van der Waals surface area (Å²) in [4.78, 5) is 19.6. The Morgan fingerprint density at radius 1 is 1.12 bits per heavy atom. The van der Waals surface area contributed by atoms with Crippen LogP contribution in [-0.4, -0.2) is 35.4 Å². The van der Waals surface area contributed by atoms with Crippen molar-refractivity contribution in [1.29, 1.82) is 0 Å². The smallest absolute Gasteiger partial charge is 0.344 e. The average molecular weight is 488 g/mol. The molecule has 1 N–H and O–H groups in total. The van der Waals surface area contributed by atoms with E-state index in [1.165, 1.54) is 12.1 Å². The third-order valence-electron chi connectivity index (χ3n) is 6.29. The maximum Gasteiger partial charge on any atom is 0.417 e. The Morgan fingerprint density at radius 2 is 1.88 bits per heavy atom. The number of likely N-dealkylation sites (N-methyl/N-ethyl adjacent to an activating group) is 1. The molecule has 0 bridgehead atoms. The number of halogens is 4. The van der Waals surface area contributed by atoms with Crippen LogP contribution in [-0.2, 0) is 6.18 Å². The van der Waals surface area contributed by atoms with Crippen LogP contribution in [0, 0.1) is 0 Å². The second kappa shape index (κ2) is 10.2. The van der Waals surface area contributed by atoms with Crippen molar-refractivity contribution in [1.82, 2.24) is 15.2 Å². The first kappa shape index (κ1) is 24.2. The van der Waals surface area contributed by atoms with Crippen molar-refractivity contribution in [2.45, 2.75) is 37.5 Å². The summed E-state index contributed by atoms with van der Waals surface area (Å²) < 4.78 is 40.0. The largest absolute Gasteiger partial charge is 0.417 e. The minimum Gasteiger partial charge on any atom is -0.344 e. The SMILES string of the molecule is CN1CCCC[C@H]1[C@@H](NC(=O)c1cccc(C(F)(F)F)c1Cl)c1cccc(-c2cccnc2)c1. The van der Waals surface area contributed by atoms with E-state index in [4.69, 9.17) is 11.6 Å². The summed E-state index contributed by atoms with van der Waals surface area (Å²) >= 11 is 6.04. The molecular formula is C26H25ClF3N3O. The van der Waals surface area contributed by atoms with E-state index in [-0.39, 0.29) is 11.6 Å². The molecule has 8 heteroatoms. The Morgan fingerprint density at radius 3 is 2.59 bits per heavy atom. The lowest BCUT2D eigenvalue weighted by Gasteiger charge is -2.39. The summed E-state index contributed by atoms with van der Waals surface area (Å²) in [5, 5.41) is 2.41. The van der Waals surface area contributed by atoms with E-state index < -0.39 is 28.7 Å². The molecule has 0 spiro atoms. The van der Waals surface area contributed by atoms with Crippen LogP contribution >= 0.6 is 11.6 Å². The highest BCUT2D eigenvalue weighted by atomic mass is 35.5. The van der Waals surface area contributed by atoms with E-state index >= 15 is 0 Å². The van der Waals surface area contributed by atoms with Gasteiger partial charge in [0.25, 0.3) is 5.91 Å². The molecule has 0 unspecified atom stereocenters. The Balaban J connectivity index is 1.71. The molecule has 1 aliphatic rings. The molecule has 4 rings (SSSR count). The normalized spacial score (nSPS) is 17.9. The van der Waals surface area contributed by atoms with Gasteiger partial charge >= 0.3 is 6.18 Å². The molecule has 1 aromatic heterocycles. The number of carbonyl (C=O) groups is 1. The molecular weight excluding hydrogens is 463 g/mol. The zero-order valence-electron chi connectivity index (χ0n) is 18.6. The van der Waals surface area contributed by atoms with Gasteiger partial charge in [0.15, 0.2) is 0 Å². The van der Waals surface area contributed by atoms with E-state index in [9.17, 15) is 18.0 Å². The van der Waals surface area contributed by atoms with Crippen LogP contribution in [0.3, 0.4) is 0 Å². The van der Waals surface area contributed by atoms with Crippen LogP contribution in [0.1, 0.15) is 46.8 Å². The van der Waals surface area contributed by atoms with E-state index in [1.807, 2.05) is 43.4 Å². The standard InChI is InChI=1S/C26H25ClF3N3O/c1-33-14-3-2-12-22(33)24(18-8-4-7-17(15-18)19-9-6-13-31-16-19)32-25(34)20-10-5-11-21(23(20)27)26(28,29)30/h4-11,13,15-16,22,24H,2-3,12,14H2,1H3,(H,32,34)/t22-,24-/m0/s1. The first-order valence-corrected chi connectivity index (χ1v) is 11.5. The third-order valence-corrected chi connectivity index (χ3v) is 6.69. The van der Waals surface area contributed by atoms with E-state index in [2.05, 4.69) is 15.2 Å². The van der Waals surface area contributed by atoms with Crippen LogP contribution in [0.2, 0.25) is 5.02 Å². The molecule has 34 heavy (non-hydrogen) atoms. The van der Waals surface area contributed by atoms with E-state index in [1.54, 1.807) is 12.4 Å². The summed E-state index contributed by atoms with van der Waals surface area (Å²) in [6.45, 7) is 0.879. The van der Waals surface area contributed by atoms with Gasteiger partial charge in [0, 0.05) is 18.4 Å². The van der Waals surface area contributed by atoms with Crippen LogP contribution in [0.25, 0.3) is 11.1 Å². The Kier molecular flexibility index (Phi) is 7.24. The number of likely N-dealkylation sites (tertiary alicyclic amines) is 1. The number of rotatable bonds is 5. The molecule has 2 heterocycles. The van der Waals surface area contributed by atoms with Gasteiger partial charge in [-0.3, -0.25) is 9.78 Å². The highest BCUT2D eigenvalue weighted by Crippen LogP contribution is 2.37. The fourth-order valence-corrected chi connectivity index (χ4v) is 4.83. The second-order valence-corrected chi connectivity index (χ2v) is 8.90. The van der Waals surface area contributed by atoms with Crippen molar-refractivity contribution in [3.8, 4) is 11.1 Å². The van der Waals surface area contributed by atoms with Gasteiger partial charge in [0.1, 0.15) is 0 Å². The highest BCUT2D eigenvalue weighted by molar-refractivity contribution is 6.34. The maximum atomic E-state index is 13.3. The van der Waals surface area contributed by atoms with Gasteiger partial charge in [-0.2, -0.15) is 13.2 Å². The van der Waals surface area contributed by atoms with E-state index in [0.29, 0.717) is 0 Å². The minimum absolute atomic E-state index is 0.00794. The number of aromatic nitrogens is 1. The lowest BCUT2D eigenvalue weighted by Crippen LogP contribution is -2.47. The number of nitrogens with one attached hydrogen (secondary N) is 1. The number of alkyl halides is 3. The molecule has 1 amide bonds. The molecule has 0 aliphatic carbocycles. The monoisotopic (exact) mass is 487 g/mol. The third kappa shape index (κ3) is 5.26. The minimum atomic E-state index is -4.64. The number of pyridine rings is 1. The quantitative estimate of drug-likeness (QED) is 0.454. The topological polar surface area (TPSA) is 45.2 Å². The molecule has 1 saturated heterocycles. The summed E-state index contributed by atoms with van der Waals surface area (Å²) in [6, 6.07) is 14.6. The molecule has 2 atom stereocenters. The number of amides is 1. The summed E-state index contributed by atoms with van der Waals surface area (Å²) in [5.41, 5.74) is 1.54. The van der Waals surface area contributed by atoms with Gasteiger partial charge in [-0.05, 0) is 67.4 Å². The first-order chi connectivity index (χ1) is 16.3. The van der Waals surface area contributed by atoms with Gasteiger partial charge in [-0.15, -0.1) is 0 Å². The molecule has 2 aromatic carbocycles. The first-order valence-electron chi connectivity index (χ1n) is 11.1. The predicted octanol–water partition coefficient (Wildman–Crippen LogP) is 6.38. The zero-order valence-corrected chi connectivity index (χ0v) is 19.4. The van der Waals surface area contributed by atoms with Gasteiger partial charge in [-0.1, -0.05) is 48.4 Å². The van der Waals surface area contributed by atoms with Crippen molar-refractivity contribution < 1.29 is 18.0 Å². The fourth-order valence-electron chi connectivity index (χ4n) is 4.51. The lowest BCUT2D eigenvalue weighted by molar-refractivity contribution is -0.137. The number of piperidine rings is 1. The van der Waals surface area contributed by atoms with Crippen molar-refractivity contribution in [2.75, 3.05) is 13.6 Å². The van der Waals surface area contributed by atoms with Crippen molar-refractivity contribution in [2.24, 2.45) is 0 Å². The number of nitrogens with zero attached hydrogens (tertiary/aromatic N) is 2. The van der Waals surface area contributed by atoms with E-state index in [0.717, 1.165) is 48.6 Å². The van der Waals surface area contributed by atoms with Crippen molar-refractivity contribution in [3.05, 3.63) is 88.7 Å². The van der Waals surface area contributed by atoms with Crippen molar-refractivity contribution in [3.63, 3.8) is 0 Å². The second-order valence-electron chi connectivity index (χ2n) is 8.53. The predicted molar refractivity (Wildman–Crippen MR) is 127 cm³/mol. The highest BCUT2D eigenvalue weighted by Gasteiger charge is 2.36. The van der Waals surface area contributed by atoms with Crippen molar-refractivity contribution >= 4 is 17.5 Å². The molecule has 3 aromatic rings. The van der Waals surface area contributed by atoms with Crippen LogP contribution in [0.4, 0.5) is 13.2 Å². The van der Waals surface area contributed by atoms with Crippen LogP contribution in [0.5, 0.6) is 0 Å². The van der Waals surface area contributed by atoms with Crippen LogP contribution < -0.4 is 5.32 Å². The van der Waals surface area contributed by atoms with Crippen LogP contribution in [0.15, 0.2) is 67.0 Å². The Labute approximate surface area is 201 Å². The number of hydrogen-bond acceptors (Lipinski definition) is 3. The molecule has 178 valence electrons. The summed E-state index contributed by atoms with van der Waals surface area (Å²) in [5.74, 6) is -0.633. The number of carbonyl (C=O) groups excluding carboxylic acids is 1. The molecule has 0 saturated carbocycles. The summed E-state index contributed by atoms with van der Waals surface area (Å²) in [7, 11) is 2.01. The van der Waals surface area contributed by atoms with Gasteiger partial charge in [-0.25, -0.2) is 0 Å². The molecule has 1 aliphatic heterocycles. The number of benzene rings is 2. The van der Waals surface area contributed by atoms with Gasteiger partial charge in [0.2, 0.25) is 0 Å². The Hall–Kier alpha value is -2.90. The summed E-state index contributed by atoms with van der Waals surface area (Å²) in [6.07, 6.45) is 1.74.